The fraction of sp³-hybridized carbons (Fsp3) is 0.0811. The number of azo groups is 1. The Balaban J connectivity index is 0.00000374. The number of methoxy groups -OCH3 is 2. The van der Waals surface area contributed by atoms with Gasteiger partial charge in [-0.3, -0.25) is 10.2 Å². The van der Waals surface area contributed by atoms with Crippen LogP contribution in [0, 0.1) is 6.92 Å². The first-order valence-corrected chi connectivity index (χ1v) is 21.2. The maximum atomic E-state index is 13.5. The number of phenols is 1. The van der Waals surface area contributed by atoms with Crippen molar-refractivity contribution in [2.45, 2.75) is 16.7 Å². The molecule has 4 N–H and O–H groups in total. The topological polar surface area (TPSA) is 358 Å². The van der Waals surface area contributed by atoms with Crippen molar-refractivity contribution in [2.24, 2.45) is 15.3 Å². The number of hydrogen-bond donors (Lipinski definition) is 4. The molecule has 322 valence electrons. The van der Waals surface area contributed by atoms with Crippen LogP contribution in [0.25, 0.3) is 16.8 Å². The van der Waals surface area contributed by atoms with E-state index >= 15 is 0 Å². The molecular formula is C37H26N6Na4O16S3. The van der Waals surface area contributed by atoms with Gasteiger partial charge in [0, 0.05) is 17.3 Å². The summed E-state index contributed by atoms with van der Waals surface area (Å²) in [5.41, 5.74) is 1.01. The zero-order valence-corrected chi connectivity index (χ0v) is 46.1. The monoisotopic (exact) mass is 998 g/mol. The zero-order chi connectivity index (χ0) is 45.5. The number of nitrogens with zero attached hydrogens (tertiary/aromatic N) is 3. The molecule has 0 atom stereocenters. The average Bonchev–Trinajstić information content (AvgIpc) is 3.18. The molecule has 0 spiro atoms. The second-order valence-electron chi connectivity index (χ2n) is 12.9. The van der Waals surface area contributed by atoms with Gasteiger partial charge < -0.3 is 48.8 Å². The number of anilines is 3. The van der Waals surface area contributed by atoms with Crippen LogP contribution in [0.5, 0.6) is 17.2 Å². The Morgan fingerprint density at radius 1 is 0.697 bits per heavy atom. The molecule has 1 aliphatic rings. The standard InChI is InChI=1S/C37H30N6O16S3.4Na/c1-17-8-26(31(59-3)16-25(17)40-42-28-14-22(60(49,50)51)10-20-11-23(61(52,53)54)15-29(44)33(20)28)39-37(48)38-21-5-6-24-19(9-21)13-32(62(55,56)57)34(35(24)45)43-41-27-12-18(36(46)47)4-7-30(27)58-2;;;;/h4-16,41,44H,1-3H3,(H,46,47)(H2,38,39,48)(H,49,50,51)(H,52,53,54)(H,55,56,57);;;;/q;4*+1/p-4/b42-40?,43-34-;;;;. The van der Waals surface area contributed by atoms with Crippen molar-refractivity contribution < 1.29 is 191 Å². The van der Waals surface area contributed by atoms with E-state index in [9.17, 15) is 63.5 Å². The summed E-state index contributed by atoms with van der Waals surface area (Å²) in [6.07, 6.45) is 0.867. The average molecular weight is 999 g/mol. The number of allylic oxidation sites excluding steroid dienone is 1. The predicted octanol–water partition coefficient (Wildman–Crippen LogP) is -8.33. The van der Waals surface area contributed by atoms with Crippen LogP contribution in [0.4, 0.5) is 33.2 Å². The molecule has 0 heterocycles. The van der Waals surface area contributed by atoms with Gasteiger partial charge in [0.05, 0.1) is 63.0 Å². The number of hydrazone groups is 1. The largest absolute Gasteiger partial charge is 1.00 e. The summed E-state index contributed by atoms with van der Waals surface area (Å²) < 4.78 is 118. The number of hydrogen-bond acceptors (Lipinski definition) is 20. The molecule has 66 heavy (non-hydrogen) atoms. The molecule has 0 saturated carbocycles. The number of fused-ring (bicyclic) bond motifs is 2. The molecule has 0 saturated heterocycles. The minimum Gasteiger partial charge on any atom is -0.744 e. The third-order valence-electron chi connectivity index (χ3n) is 8.85. The third-order valence-corrected chi connectivity index (χ3v) is 11.3. The van der Waals surface area contributed by atoms with Crippen molar-refractivity contribution in [1.82, 2.24) is 0 Å². The van der Waals surface area contributed by atoms with Gasteiger partial charge in [-0.25, -0.2) is 30.0 Å². The molecule has 6 rings (SSSR count). The number of carboxylic acid groups (broad SMARTS) is 1. The molecule has 0 fully saturated rings. The number of ether oxygens (including phenoxy) is 2. The quantitative estimate of drug-likeness (QED) is 0.0390. The number of Topliss-reactive ketones (excluding diaryl/α,β-unsaturated/α-hetero) is 1. The van der Waals surface area contributed by atoms with Crippen molar-refractivity contribution in [3.63, 3.8) is 0 Å². The molecule has 0 bridgehead atoms. The zero-order valence-electron chi connectivity index (χ0n) is 35.6. The van der Waals surface area contributed by atoms with Gasteiger partial charge in [0.25, 0.3) is 0 Å². The number of rotatable bonds is 12. The van der Waals surface area contributed by atoms with Gasteiger partial charge in [-0.05, 0) is 102 Å². The number of carboxylic acids is 1. The number of amides is 2. The number of ketones is 1. The summed E-state index contributed by atoms with van der Waals surface area (Å²) >= 11 is 0. The van der Waals surface area contributed by atoms with Gasteiger partial charge in [-0.2, -0.15) is 10.2 Å². The van der Waals surface area contributed by atoms with Crippen LogP contribution in [0.2, 0.25) is 0 Å². The normalized spacial score (nSPS) is 12.9. The molecule has 5 aromatic rings. The molecule has 29 heteroatoms. The Hall–Kier alpha value is -3.29. The molecule has 0 aliphatic heterocycles. The Labute approximate surface area is 464 Å². The van der Waals surface area contributed by atoms with E-state index in [1.54, 1.807) is 0 Å². The molecular weight excluding hydrogens is 973 g/mol. The van der Waals surface area contributed by atoms with Crippen molar-refractivity contribution in [1.29, 1.82) is 0 Å². The Kier molecular flexibility index (Phi) is 20.8. The summed E-state index contributed by atoms with van der Waals surface area (Å²) in [4.78, 5) is 35.2. The van der Waals surface area contributed by atoms with Gasteiger partial charge in [0.15, 0.2) is 0 Å². The van der Waals surface area contributed by atoms with Crippen LogP contribution in [0.15, 0.2) is 103 Å². The molecule has 0 radical (unpaired) electrons. The van der Waals surface area contributed by atoms with Crippen LogP contribution in [0.3, 0.4) is 0 Å². The van der Waals surface area contributed by atoms with Gasteiger partial charge in [-0.15, -0.1) is 5.11 Å². The first kappa shape index (κ1) is 58.8. The smallest absolute Gasteiger partial charge is 0.744 e. The van der Waals surface area contributed by atoms with Crippen LogP contribution in [-0.4, -0.2) is 81.7 Å². The Morgan fingerprint density at radius 3 is 1.88 bits per heavy atom. The number of carbonyl (C=O) groups is 3. The number of carbonyl (C=O) groups excluding carboxylic acids is 3. The van der Waals surface area contributed by atoms with Crippen molar-refractivity contribution >= 4 is 99.1 Å². The fourth-order valence-corrected chi connectivity index (χ4v) is 7.68. The number of phenolic OH excluding ortho intramolecular Hbond substituents is 1. The fourth-order valence-electron chi connectivity index (χ4n) is 5.98. The van der Waals surface area contributed by atoms with Gasteiger partial charge in [0.1, 0.15) is 53.3 Å². The van der Waals surface area contributed by atoms with Gasteiger partial charge in [-0.1, -0.05) is 0 Å². The minimum atomic E-state index is -5.35. The van der Waals surface area contributed by atoms with E-state index in [1.807, 2.05) is 0 Å². The van der Waals surface area contributed by atoms with Crippen molar-refractivity contribution in [3.8, 4) is 17.2 Å². The van der Waals surface area contributed by atoms with Crippen LogP contribution in [0.1, 0.15) is 31.8 Å². The maximum absolute atomic E-state index is 13.5. The van der Waals surface area contributed by atoms with Crippen molar-refractivity contribution in [2.75, 3.05) is 30.3 Å². The number of benzene rings is 5. The minimum absolute atomic E-state index is 0. The van der Waals surface area contributed by atoms with Crippen molar-refractivity contribution in [3.05, 3.63) is 100.0 Å². The van der Waals surface area contributed by atoms with Crippen LogP contribution < -0.4 is 149 Å². The second-order valence-corrected chi connectivity index (χ2v) is 17.0. The second kappa shape index (κ2) is 23.3. The van der Waals surface area contributed by atoms with Gasteiger partial charge >= 0.3 is 124 Å². The number of aromatic carboxylic acids is 1. The summed E-state index contributed by atoms with van der Waals surface area (Å²) in [6.45, 7) is 1.53. The first-order chi connectivity index (χ1) is 29.0. The maximum Gasteiger partial charge on any atom is 1.00 e. The summed E-state index contributed by atoms with van der Waals surface area (Å²) in [5.74, 6) is -3.29. The molecule has 0 unspecified atom stereocenters. The van der Waals surface area contributed by atoms with Gasteiger partial charge in [0.2, 0.25) is 5.78 Å². The number of aromatic hydroxyl groups is 1. The Bertz CT molecular complexity index is 3220. The predicted molar refractivity (Wildman–Crippen MR) is 213 cm³/mol. The van der Waals surface area contributed by atoms with E-state index in [0.717, 1.165) is 30.3 Å². The third kappa shape index (κ3) is 13.5. The summed E-state index contributed by atoms with van der Waals surface area (Å²) in [6, 6.07) is 11.9. The Morgan fingerprint density at radius 2 is 1.30 bits per heavy atom. The van der Waals surface area contributed by atoms with E-state index in [-0.39, 0.29) is 180 Å². The molecule has 5 aromatic carbocycles. The molecule has 1 aliphatic carbocycles. The number of aryl methyl sites for hydroxylation is 1. The van der Waals surface area contributed by atoms with E-state index < -0.39 is 80.0 Å². The SMILES string of the molecule is COc1ccc(C(=O)[O-])cc1N/N=C1\C(=O)c2ccc(NC(=O)Nc3cc(C)c(N=Nc4cc(S(=O)(=O)[O-])cc5cc(S(=O)(=O)[O-])cc(O)c45)cc3OC)cc2C=C1S(=O)(=O)[O-].[Na+].[Na+].[Na+].[Na+]. The van der Waals surface area contributed by atoms with E-state index in [1.165, 1.54) is 63.6 Å². The summed E-state index contributed by atoms with van der Waals surface area (Å²) in [7, 11) is -13.1. The van der Waals surface area contributed by atoms with E-state index in [0.29, 0.717) is 11.6 Å². The van der Waals surface area contributed by atoms with Crippen LogP contribution in [-0.2, 0) is 30.4 Å². The first-order valence-electron chi connectivity index (χ1n) is 17.0. The number of urea groups is 1. The molecule has 0 aromatic heterocycles. The van der Waals surface area contributed by atoms with E-state index in [2.05, 4.69) is 31.4 Å². The molecule has 2 amide bonds. The van der Waals surface area contributed by atoms with E-state index in [4.69, 9.17) is 9.47 Å². The summed E-state index contributed by atoms with van der Waals surface area (Å²) in [5, 5.41) is 38.3. The molecule has 22 nitrogen and oxygen atoms in total. The van der Waals surface area contributed by atoms with Crippen LogP contribution >= 0.6 is 0 Å². The number of nitrogens with one attached hydrogen (secondary N) is 3.